The minimum absolute atomic E-state index is 0.161. The zero-order valence-electron chi connectivity index (χ0n) is 14.6. The maximum atomic E-state index is 11.4. The van der Waals surface area contributed by atoms with E-state index in [1.54, 1.807) is 6.92 Å². The number of hydrogen-bond acceptors (Lipinski definition) is 5. The lowest BCUT2D eigenvalue weighted by Crippen LogP contribution is -2.41. The van der Waals surface area contributed by atoms with E-state index < -0.39 is 0 Å². The molecule has 1 aromatic rings. The lowest BCUT2D eigenvalue weighted by atomic mass is 10.0. The molecule has 0 radical (unpaired) electrons. The van der Waals surface area contributed by atoms with Crippen molar-refractivity contribution in [2.45, 2.75) is 32.7 Å². The average Bonchev–Trinajstić information content (AvgIpc) is 2.46. The highest BCUT2D eigenvalue weighted by atomic mass is 16.5. The predicted molar refractivity (Wildman–Crippen MR) is 91.9 cm³/mol. The Kier molecular flexibility index (Phi) is 6.21. The van der Waals surface area contributed by atoms with Gasteiger partial charge in [0.1, 0.15) is 12.4 Å². The van der Waals surface area contributed by atoms with E-state index in [0.717, 1.165) is 43.9 Å². The molecule has 6 nitrogen and oxygen atoms in total. The molecule has 6 heteroatoms. The highest BCUT2D eigenvalue weighted by Gasteiger charge is 2.20. The van der Waals surface area contributed by atoms with E-state index in [1.807, 2.05) is 38.1 Å². The molecule has 0 aromatic carbocycles. The van der Waals surface area contributed by atoms with Gasteiger partial charge in [-0.2, -0.15) is 4.98 Å². The molecule has 0 aliphatic carbocycles. The number of carbonyl (C=O) groups is 1. The Morgan fingerprint density at radius 2 is 2.09 bits per heavy atom. The number of pyridine rings is 1. The van der Waals surface area contributed by atoms with Gasteiger partial charge in [-0.15, -0.1) is 0 Å². The fourth-order valence-electron chi connectivity index (χ4n) is 2.66. The predicted octanol–water partition coefficient (Wildman–Crippen LogP) is 1.75. The molecule has 1 aromatic heterocycles. The first-order valence-electron chi connectivity index (χ1n) is 8.22. The summed E-state index contributed by atoms with van der Waals surface area (Å²) in [5.41, 5.74) is 1.13. The van der Waals surface area contributed by atoms with Gasteiger partial charge in [0.15, 0.2) is 0 Å². The van der Waals surface area contributed by atoms with E-state index in [4.69, 9.17) is 4.74 Å². The van der Waals surface area contributed by atoms with Crippen LogP contribution in [0.4, 0.5) is 5.82 Å². The van der Waals surface area contributed by atoms with Crippen LogP contribution < -0.4 is 10.1 Å². The van der Waals surface area contributed by atoms with Crippen LogP contribution in [0.3, 0.4) is 0 Å². The van der Waals surface area contributed by atoms with Crippen LogP contribution >= 0.6 is 0 Å². The fourth-order valence-corrected chi connectivity index (χ4v) is 2.66. The SMILES string of the molecule is CC(=O)N1CCC(Nc2cc(C)cc(OCCN(C)C)n2)CC1. The molecule has 2 rings (SSSR count). The summed E-state index contributed by atoms with van der Waals surface area (Å²) in [6, 6.07) is 4.35. The molecule has 23 heavy (non-hydrogen) atoms. The van der Waals surface area contributed by atoms with Gasteiger partial charge in [-0.1, -0.05) is 0 Å². The zero-order valence-corrected chi connectivity index (χ0v) is 14.6. The zero-order chi connectivity index (χ0) is 16.8. The van der Waals surface area contributed by atoms with E-state index in [9.17, 15) is 4.79 Å². The number of amides is 1. The number of hydrogen-bond donors (Lipinski definition) is 1. The van der Waals surface area contributed by atoms with Gasteiger partial charge in [0.2, 0.25) is 11.8 Å². The number of carbonyl (C=O) groups excluding carboxylic acids is 1. The van der Waals surface area contributed by atoms with E-state index in [2.05, 4.69) is 15.2 Å². The monoisotopic (exact) mass is 320 g/mol. The molecule has 1 N–H and O–H groups in total. The normalized spacial score (nSPS) is 15.8. The second-order valence-electron chi connectivity index (χ2n) is 6.44. The van der Waals surface area contributed by atoms with Crippen molar-refractivity contribution < 1.29 is 9.53 Å². The molecule has 2 heterocycles. The van der Waals surface area contributed by atoms with Crippen molar-refractivity contribution in [3.63, 3.8) is 0 Å². The topological polar surface area (TPSA) is 57.7 Å². The highest BCUT2D eigenvalue weighted by Crippen LogP contribution is 2.19. The van der Waals surface area contributed by atoms with Gasteiger partial charge in [0.05, 0.1) is 0 Å². The first kappa shape index (κ1) is 17.5. The molecule has 0 atom stereocenters. The van der Waals surface area contributed by atoms with Gasteiger partial charge >= 0.3 is 0 Å². The van der Waals surface area contributed by atoms with Crippen LogP contribution in [-0.4, -0.2) is 67.1 Å². The summed E-state index contributed by atoms with van der Waals surface area (Å²) in [6.45, 7) is 6.79. The van der Waals surface area contributed by atoms with Crippen molar-refractivity contribution in [3.8, 4) is 5.88 Å². The summed E-state index contributed by atoms with van der Waals surface area (Å²) in [4.78, 5) is 19.9. The van der Waals surface area contributed by atoms with Crippen molar-refractivity contribution in [2.75, 3.05) is 45.7 Å². The van der Waals surface area contributed by atoms with Crippen LogP contribution in [0.25, 0.3) is 0 Å². The summed E-state index contributed by atoms with van der Waals surface area (Å²) in [5, 5.41) is 3.48. The van der Waals surface area contributed by atoms with Crippen LogP contribution in [-0.2, 0) is 4.79 Å². The number of aryl methyl sites for hydroxylation is 1. The van der Waals surface area contributed by atoms with Crippen LogP contribution in [0.15, 0.2) is 12.1 Å². The number of nitrogens with one attached hydrogen (secondary N) is 1. The molecule has 0 bridgehead atoms. The summed E-state index contributed by atoms with van der Waals surface area (Å²) >= 11 is 0. The number of nitrogens with zero attached hydrogens (tertiary/aromatic N) is 3. The van der Waals surface area contributed by atoms with Gasteiger partial charge < -0.3 is 19.9 Å². The third-order valence-corrected chi connectivity index (χ3v) is 4.03. The molecule has 0 unspecified atom stereocenters. The van der Waals surface area contributed by atoms with Crippen molar-refractivity contribution in [3.05, 3.63) is 17.7 Å². The van der Waals surface area contributed by atoms with Crippen LogP contribution in [0, 0.1) is 6.92 Å². The second kappa shape index (κ2) is 8.15. The molecule has 0 saturated carbocycles. The Morgan fingerprint density at radius 1 is 1.39 bits per heavy atom. The lowest BCUT2D eigenvalue weighted by molar-refractivity contribution is -0.129. The summed E-state index contributed by atoms with van der Waals surface area (Å²) in [7, 11) is 4.04. The molecular weight excluding hydrogens is 292 g/mol. The lowest BCUT2D eigenvalue weighted by Gasteiger charge is -2.32. The number of likely N-dealkylation sites (N-methyl/N-ethyl adjacent to an activating group) is 1. The average molecular weight is 320 g/mol. The number of rotatable bonds is 6. The Bertz CT molecular complexity index is 525. The minimum atomic E-state index is 0.161. The Balaban J connectivity index is 1.90. The van der Waals surface area contributed by atoms with E-state index in [1.165, 1.54) is 0 Å². The van der Waals surface area contributed by atoms with E-state index in [-0.39, 0.29) is 5.91 Å². The van der Waals surface area contributed by atoms with Crippen LogP contribution in [0.5, 0.6) is 5.88 Å². The van der Waals surface area contributed by atoms with Crippen molar-refractivity contribution >= 4 is 11.7 Å². The minimum Gasteiger partial charge on any atom is -0.476 e. The first-order valence-corrected chi connectivity index (χ1v) is 8.22. The number of ether oxygens (including phenoxy) is 1. The maximum Gasteiger partial charge on any atom is 0.219 e. The smallest absolute Gasteiger partial charge is 0.219 e. The molecule has 1 fully saturated rings. The van der Waals surface area contributed by atoms with Crippen molar-refractivity contribution in [1.29, 1.82) is 0 Å². The highest BCUT2D eigenvalue weighted by molar-refractivity contribution is 5.73. The fraction of sp³-hybridized carbons (Fsp3) is 0.647. The molecule has 1 saturated heterocycles. The molecule has 128 valence electrons. The van der Waals surface area contributed by atoms with E-state index in [0.29, 0.717) is 18.5 Å². The number of likely N-dealkylation sites (tertiary alicyclic amines) is 1. The van der Waals surface area contributed by atoms with E-state index >= 15 is 0 Å². The molecule has 1 aliphatic heterocycles. The number of anilines is 1. The molecule has 1 amide bonds. The standard InChI is InChI=1S/C17H28N4O2/c1-13-11-16(19-17(12-13)23-10-9-20(3)4)18-15-5-7-21(8-6-15)14(2)22/h11-12,15H,5-10H2,1-4H3,(H,18,19). The summed E-state index contributed by atoms with van der Waals surface area (Å²) < 4.78 is 5.73. The Hall–Kier alpha value is -1.82. The van der Waals surface area contributed by atoms with Gasteiger partial charge in [0, 0.05) is 38.7 Å². The van der Waals surface area contributed by atoms with Gasteiger partial charge in [-0.05, 0) is 45.5 Å². The number of piperidine rings is 1. The Morgan fingerprint density at radius 3 is 2.70 bits per heavy atom. The first-order chi connectivity index (χ1) is 10.9. The quantitative estimate of drug-likeness (QED) is 0.865. The van der Waals surface area contributed by atoms with Gasteiger partial charge in [-0.25, -0.2) is 0 Å². The largest absolute Gasteiger partial charge is 0.476 e. The maximum absolute atomic E-state index is 11.4. The van der Waals surface area contributed by atoms with Crippen LogP contribution in [0.1, 0.15) is 25.3 Å². The summed E-state index contributed by atoms with van der Waals surface area (Å²) in [6.07, 6.45) is 1.90. The third-order valence-electron chi connectivity index (χ3n) is 4.03. The molecule has 1 aliphatic rings. The molecular formula is C17H28N4O2. The van der Waals surface area contributed by atoms with Gasteiger partial charge in [0.25, 0.3) is 0 Å². The Labute approximate surface area is 138 Å². The third kappa shape index (κ3) is 5.71. The second-order valence-corrected chi connectivity index (χ2v) is 6.44. The van der Waals surface area contributed by atoms with Crippen LogP contribution in [0.2, 0.25) is 0 Å². The number of aromatic nitrogens is 1. The summed E-state index contributed by atoms with van der Waals surface area (Å²) in [5.74, 6) is 1.68. The molecule has 0 spiro atoms. The van der Waals surface area contributed by atoms with Crippen molar-refractivity contribution in [1.82, 2.24) is 14.8 Å². The van der Waals surface area contributed by atoms with Gasteiger partial charge in [-0.3, -0.25) is 4.79 Å². The van der Waals surface area contributed by atoms with Crippen molar-refractivity contribution in [2.24, 2.45) is 0 Å².